The number of H-pyrrole nitrogens is 1. The molecule has 2 N–H and O–H groups in total. The Kier molecular flexibility index (Phi) is 4.75. The molecular weight excluding hydrogens is 356 g/mol. The number of ether oxygens (including phenoxy) is 1. The van der Waals surface area contributed by atoms with Gasteiger partial charge < -0.3 is 10.1 Å². The second kappa shape index (κ2) is 7.01. The van der Waals surface area contributed by atoms with Crippen molar-refractivity contribution in [2.75, 3.05) is 6.61 Å². The molecule has 25 heavy (non-hydrogen) atoms. The molecule has 0 unspecified atom stereocenters. The van der Waals surface area contributed by atoms with Crippen LogP contribution in [0.15, 0.2) is 17.5 Å². The zero-order chi connectivity index (χ0) is 17.3. The number of carbonyl (C=O) groups excluding carboxylic acids is 1. The molecule has 1 amide bonds. The number of hydrogen-bond acceptors (Lipinski definition) is 5. The van der Waals surface area contributed by atoms with Crippen LogP contribution in [0.5, 0.6) is 0 Å². The normalized spacial score (nSPS) is 22.3. The highest BCUT2D eigenvalue weighted by molar-refractivity contribution is 7.71. The van der Waals surface area contributed by atoms with Crippen LogP contribution in [0.25, 0.3) is 10.7 Å². The zero-order valence-corrected chi connectivity index (χ0v) is 15.6. The van der Waals surface area contributed by atoms with E-state index < -0.39 is 0 Å². The van der Waals surface area contributed by atoms with Gasteiger partial charge in [0, 0.05) is 12.6 Å². The van der Waals surface area contributed by atoms with Gasteiger partial charge in [0.25, 0.3) is 0 Å². The van der Waals surface area contributed by atoms with Crippen molar-refractivity contribution in [2.24, 2.45) is 0 Å². The largest absolute Gasteiger partial charge is 0.375 e. The number of carbonyl (C=O) groups is 1. The van der Waals surface area contributed by atoms with E-state index in [9.17, 15) is 4.79 Å². The van der Waals surface area contributed by atoms with Crippen molar-refractivity contribution in [3.05, 3.63) is 22.3 Å². The minimum Gasteiger partial charge on any atom is -0.375 e. The van der Waals surface area contributed by atoms with E-state index in [1.54, 1.807) is 15.9 Å². The highest BCUT2D eigenvalue weighted by atomic mass is 32.1. The smallest absolute Gasteiger partial charge is 0.240 e. The number of rotatable bonds is 4. The molecule has 1 aliphatic heterocycles. The Hall–Kier alpha value is -1.51. The first-order chi connectivity index (χ1) is 12.2. The highest BCUT2D eigenvalue weighted by Gasteiger charge is 2.40. The van der Waals surface area contributed by atoms with Crippen molar-refractivity contribution in [1.82, 2.24) is 20.1 Å². The van der Waals surface area contributed by atoms with Crippen LogP contribution in [0.2, 0.25) is 0 Å². The lowest BCUT2D eigenvalue weighted by molar-refractivity contribution is -0.125. The second-order valence-electron chi connectivity index (χ2n) is 6.91. The maximum absolute atomic E-state index is 12.6. The number of amides is 1. The molecule has 2 aromatic rings. The molecule has 1 aliphatic carbocycles. The van der Waals surface area contributed by atoms with E-state index in [2.05, 4.69) is 15.5 Å². The molecule has 8 heteroatoms. The predicted molar refractivity (Wildman–Crippen MR) is 99.0 cm³/mol. The predicted octanol–water partition coefficient (Wildman–Crippen LogP) is 3.28. The number of nitrogens with one attached hydrogen (secondary N) is 2. The van der Waals surface area contributed by atoms with E-state index in [1.165, 1.54) is 12.8 Å². The maximum atomic E-state index is 12.6. The summed E-state index contributed by atoms with van der Waals surface area (Å²) in [5.41, 5.74) is 0.00425. The summed E-state index contributed by atoms with van der Waals surface area (Å²) in [6.45, 7) is 0.920. The van der Waals surface area contributed by atoms with Crippen LogP contribution in [0.4, 0.5) is 0 Å². The molecular formula is C17H22N4O2S2. The van der Waals surface area contributed by atoms with Gasteiger partial charge in [0.05, 0.1) is 10.5 Å². The Labute approximate surface area is 155 Å². The highest BCUT2D eigenvalue weighted by Crippen LogP contribution is 2.39. The summed E-state index contributed by atoms with van der Waals surface area (Å²) in [5, 5.41) is 12.2. The topological polar surface area (TPSA) is 71.9 Å². The first-order valence-corrected chi connectivity index (χ1v) is 10.1. The molecule has 4 rings (SSSR count). The third-order valence-electron chi connectivity index (χ3n) is 5.17. The van der Waals surface area contributed by atoms with Gasteiger partial charge in [-0.2, -0.15) is 5.10 Å². The van der Waals surface area contributed by atoms with Crippen molar-refractivity contribution in [3.8, 4) is 10.7 Å². The fraction of sp³-hybridized carbons (Fsp3) is 0.588. The van der Waals surface area contributed by atoms with Crippen LogP contribution in [-0.2, 0) is 16.1 Å². The molecule has 2 aromatic heterocycles. The van der Waals surface area contributed by atoms with E-state index in [-0.39, 0.29) is 24.1 Å². The molecule has 3 heterocycles. The van der Waals surface area contributed by atoms with Crippen molar-refractivity contribution in [3.63, 3.8) is 0 Å². The molecule has 1 spiro atoms. The van der Waals surface area contributed by atoms with Crippen molar-refractivity contribution in [1.29, 1.82) is 0 Å². The molecule has 2 fully saturated rings. The van der Waals surface area contributed by atoms with Gasteiger partial charge in [0.1, 0.15) is 6.54 Å². The Bertz CT molecular complexity index is 790. The SMILES string of the molecule is O=C(Cn1c(-c2cccs2)n[nH]c1=S)N[C@@H]1CCOC2(CCCC2)C1. The number of nitrogens with zero attached hydrogens (tertiary/aromatic N) is 2. The molecule has 1 atom stereocenters. The Morgan fingerprint density at radius 2 is 2.36 bits per heavy atom. The molecule has 0 bridgehead atoms. The first kappa shape index (κ1) is 16.9. The lowest BCUT2D eigenvalue weighted by Gasteiger charge is -2.38. The van der Waals surface area contributed by atoms with Gasteiger partial charge in [0.2, 0.25) is 5.91 Å². The van der Waals surface area contributed by atoms with Gasteiger partial charge in [-0.05, 0) is 49.3 Å². The van der Waals surface area contributed by atoms with Crippen LogP contribution < -0.4 is 5.32 Å². The summed E-state index contributed by atoms with van der Waals surface area (Å²) in [4.78, 5) is 13.6. The summed E-state index contributed by atoms with van der Waals surface area (Å²) in [5.74, 6) is 0.699. The van der Waals surface area contributed by atoms with E-state index in [4.69, 9.17) is 17.0 Å². The van der Waals surface area contributed by atoms with Crippen molar-refractivity contribution < 1.29 is 9.53 Å². The van der Waals surface area contributed by atoms with Gasteiger partial charge >= 0.3 is 0 Å². The quantitative estimate of drug-likeness (QED) is 0.801. The Balaban J connectivity index is 1.43. The maximum Gasteiger partial charge on any atom is 0.240 e. The molecule has 134 valence electrons. The van der Waals surface area contributed by atoms with E-state index in [0.29, 0.717) is 4.77 Å². The van der Waals surface area contributed by atoms with Crippen LogP contribution in [0, 0.1) is 4.77 Å². The molecule has 1 saturated heterocycles. The minimum absolute atomic E-state index is 0.00425. The molecule has 6 nitrogen and oxygen atoms in total. The number of aromatic amines is 1. The standard InChI is InChI=1S/C17H22N4O2S2/c22-14(18-12-5-8-23-17(10-12)6-1-2-7-17)11-21-15(19-20-16(21)24)13-4-3-9-25-13/h3-4,9,12H,1-2,5-8,10-11H2,(H,18,22)(H,20,24)/t12-/m1/s1. The van der Waals surface area contributed by atoms with Crippen LogP contribution in [0.1, 0.15) is 38.5 Å². The molecule has 0 radical (unpaired) electrons. The monoisotopic (exact) mass is 378 g/mol. The Morgan fingerprint density at radius 3 is 3.12 bits per heavy atom. The number of aromatic nitrogens is 3. The third kappa shape index (κ3) is 3.56. The van der Waals surface area contributed by atoms with Crippen LogP contribution in [0.3, 0.4) is 0 Å². The van der Waals surface area contributed by atoms with Gasteiger partial charge in [0.15, 0.2) is 10.6 Å². The summed E-state index contributed by atoms with van der Waals surface area (Å²) in [7, 11) is 0. The summed E-state index contributed by atoms with van der Waals surface area (Å²) < 4.78 is 8.28. The molecule has 2 aliphatic rings. The van der Waals surface area contributed by atoms with E-state index in [1.807, 2.05) is 17.5 Å². The lowest BCUT2D eigenvalue weighted by Crippen LogP contribution is -2.48. The van der Waals surface area contributed by atoms with Gasteiger partial charge in [-0.25, -0.2) is 0 Å². The minimum atomic E-state index is -0.0182. The number of hydrogen-bond donors (Lipinski definition) is 2. The van der Waals surface area contributed by atoms with Gasteiger partial charge in [-0.3, -0.25) is 14.5 Å². The Morgan fingerprint density at radius 1 is 1.52 bits per heavy atom. The third-order valence-corrected chi connectivity index (χ3v) is 6.35. The van der Waals surface area contributed by atoms with Gasteiger partial charge in [-0.15, -0.1) is 11.3 Å². The molecule has 0 aromatic carbocycles. The number of thiophene rings is 1. The van der Waals surface area contributed by atoms with E-state index >= 15 is 0 Å². The first-order valence-electron chi connectivity index (χ1n) is 8.78. The second-order valence-corrected chi connectivity index (χ2v) is 8.25. The summed E-state index contributed by atoms with van der Waals surface area (Å²) in [6.07, 6.45) is 6.50. The van der Waals surface area contributed by atoms with Crippen molar-refractivity contribution >= 4 is 29.5 Å². The van der Waals surface area contributed by atoms with Crippen molar-refractivity contribution in [2.45, 2.75) is 56.7 Å². The van der Waals surface area contributed by atoms with Crippen LogP contribution >= 0.6 is 23.6 Å². The van der Waals surface area contributed by atoms with Gasteiger partial charge in [-0.1, -0.05) is 18.9 Å². The lowest BCUT2D eigenvalue weighted by atomic mass is 9.89. The zero-order valence-electron chi connectivity index (χ0n) is 14.0. The average Bonchev–Trinajstić information content (AvgIpc) is 3.31. The van der Waals surface area contributed by atoms with E-state index in [0.717, 1.165) is 43.0 Å². The fourth-order valence-electron chi connectivity index (χ4n) is 3.99. The fourth-order valence-corrected chi connectivity index (χ4v) is 4.91. The van der Waals surface area contributed by atoms with Crippen LogP contribution in [-0.4, -0.2) is 38.9 Å². The summed E-state index contributed by atoms with van der Waals surface area (Å²) in [6, 6.07) is 4.13. The summed E-state index contributed by atoms with van der Waals surface area (Å²) >= 11 is 6.88. The molecule has 1 saturated carbocycles. The average molecular weight is 379 g/mol.